The average molecular weight is 357 g/mol. The van der Waals surface area contributed by atoms with Crippen LogP contribution >= 0.6 is 11.3 Å². The van der Waals surface area contributed by atoms with Crippen LogP contribution in [0.2, 0.25) is 0 Å². The van der Waals surface area contributed by atoms with E-state index in [0.717, 1.165) is 19.3 Å². The molecule has 1 aliphatic rings. The Bertz CT molecular complexity index is 783. The molecule has 1 aromatic carbocycles. The molecule has 1 aromatic heterocycles. The molecular formula is C19H23N3O2S. The fraction of sp³-hybridized carbons (Fsp3) is 0.368. The Morgan fingerprint density at radius 2 is 2.00 bits per heavy atom. The van der Waals surface area contributed by atoms with Crippen molar-refractivity contribution in [2.24, 2.45) is 5.73 Å². The first-order valence-corrected chi connectivity index (χ1v) is 9.47. The first-order valence-electron chi connectivity index (χ1n) is 8.59. The number of nitrogens with two attached hydrogens (primary N) is 1. The molecule has 132 valence electrons. The third-order valence-corrected chi connectivity index (χ3v) is 5.21. The van der Waals surface area contributed by atoms with E-state index >= 15 is 0 Å². The second kappa shape index (κ2) is 7.80. The van der Waals surface area contributed by atoms with E-state index in [1.165, 1.54) is 22.5 Å². The number of carbonyl (C=O) groups excluding carboxylic acids is 2. The Kier molecular flexibility index (Phi) is 5.50. The molecule has 0 saturated carbocycles. The number of hydrogen-bond donors (Lipinski definition) is 3. The summed E-state index contributed by atoms with van der Waals surface area (Å²) in [7, 11) is 0. The summed E-state index contributed by atoms with van der Waals surface area (Å²) >= 11 is 1.35. The van der Waals surface area contributed by atoms with Crippen LogP contribution in [0, 0.1) is 0 Å². The number of fused-ring (bicyclic) bond motifs is 1. The van der Waals surface area contributed by atoms with E-state index in [1.807, 2.05) is 25.1 Å². The number of hydrogen-bond acceptors (Lipinski definition) is 4. The number of benzene rings is 1. The molecule has 0 aliphatic heterocycles. The highest BCUT2D eigenvalue weighted by atomic mass is 32.1. The van der Waals surface area contributed by atoms with Crippen molar-refractivity contribution in [2.45, 2.75) is 38.6 Å². The van der Waals surface area contributed by atoms with Crippen LogP contribution in [0.25, 0.3) is 0 Å². The Morgan fingerprint density at radius 3 is 2.80 bits per heavy atom. The Balaban J connectivity index is 1.66. The molecule has 25 heavy (non-hydrogen) atoms. The zero-order chi connectivity index (χ0) is 17.8. The van der Waals surface area contributed by atoms with Crippen molar-refractivity contribution in [3.63, 3.8) is 0 Å². The Morgan fingerprint density at radius 1 is 1.20 bits per heavy atom. The van der Waals surface area contributed by atoms with Gasteiger partial charge >= 0.3 is 0 Å². The quantitative estimate of drug-likeness (QED) is 0.743. The van der Waals surface area contributed by atoms with Crippen LogP contribution in [0.15, 0.2) is 29.6 Å². The lowest BCUT2D eigenvalue weighted by Gasteiger charge is -2.09. The first kappa shape index (κ1) is 17.6. The smallest absolute Gasteiger partial charge is 0.256 e. The molecule has 1 atom stereocenters. The Hall–Kier alpha value is -2.18. The van der Waals surface area contributed by atoms with Crippen LogP contribution in [0.5, 0.6) is 0 Å². The number of anilines is 1. The summed E-state index contributed by atoms with van der Waals surface area (Å²) < 4.78 is 0. The first-order chi connectivity index (χ1) is 12.0. The van der Waals surface area contributed by atoms with Crippen molar-refractivity contribution in [3.05, 3.63) is 51.9 Å². The molecule has 4 N–H and O–H groups in total. The van der Waals surface area contributed by atoms with Crippen LogP contribution in [0.1, 0.15) is 51.6 Å². The SMILES string of the molecule is CC(N)CCNC(=O)c1ccsc1NC(=O)c1ccc2c(c1)CCC2. The highest BCUT2D eigenvalue weighted by Crippen LogP contribution is 2.26. The molecule has 5 nitrogen and oxygen atoms in total. The molecule has 6 heteroatoms. The topological polar surface area (TPSA) is 84.2 Å². The fourth-order valence-electron chi connectivity index (χ4n) is 2.98. The van der Waals surface area contributed by atoms with Gasteiger partial charge in [-0.05, 0) is 67.3 Å². The number of aryl methyl sites for hydroxylation is 2. The summed E-state index contributed by atoms with van der Waals surface area (Å²) in [6.07, 6.45) is 3.99. The summed E-state index contributed by atoms with van der Waals surface area (Å²) in [5, 5.41) is 8.09. The van der Waals surface area contributed by atoms with Gasteiger partial charge in [-0.15, -0.1) is 11.3 Å². The minimum absolute atomic E-state index is 0.0433. The molecule has 1 unspecified atom stereocenters. The average Bonchev–Trinajstić information content (AvgIpc) is 3.22. The maximum Gasteiger partial charge on any atom is 0.256 e. The minimum atomic E-state index is -0.189. The predicted molar refractivity (Wildman–Crippen MR) is 101 cm³/mol. The zero-order valence-electron chi connectivity index (χ0n) is 14.3. The van der Waals surface area contributed by atoms with Crippen LogP contribution in [0.4, 0.5) is 5.00 Å². The van der Waals surface area contributed by atoms with Crippen molar-refractivity contribution < 1.29 is 9.59 Å². The van der Waals surface area contributed by atoms with Gasteiger partial charge in [0.25, 0.3) is 11.8 Å². The molecular weight excluding hydrogens is 334 g/mol. The molecule has 0 radical (unpaired) electrons. The van der Waals surface area contributed by atoms with Gasteiger partial charge in [0.1, 0.15) is 5.00 Å². The van der Waals surface area contributed by atoms with E-state index in [0.29, 0.717) is 29.1 Å². The standard InChI is InChI=1S/C19H23N3O2S/c1-12(20)7-9-21-18(24)16-8-10-25-19(16)22-17(23)15-6-5-13-3-2-4-14(13)11-15/h5-6,8,10-12H,2-4,7,9,20H2,1H3,(H,21,24)(H,22,23). The summed E-state index contributed by atoms with van der Waals surface area (Å²) in [6.45, 7) is 2.42. The van der Waals surface area contributed by atoms with Crippen molar-refractivity contribution in [3.8, 4) is 0 Å². The fourth-order valence-corrected chi connectivity index (χ4v) is 3.76. The van der Waals surface area contributed by atoms with Crippen LogP contribution < -0.4 is 16.4 Å². The maximum absolute atomic E-state index is 12.5. The Labute approximate surface area is 151 Å². The molecule has 3 rings (SSSR count). The van der Waals surface area contributed by atoms with Gasteiger partial charge < -0.3 is 16.4 Å². The number of nitrogens with one attached hydrogen (secondary N) is 2. The molecule has 2 amide bonds. The van der Waals surface area contributed by atoms with Crippen molar-refractivity contribution >= 4 is 28.2 Å². The van der Waals surface area contributed by atoms with Gasteiger partial charge in [0.2, 0.25) is 0 Å². The van der Waals surface area contributed by atoms with E-state index in [-0.39, 0.29) is 17.9 Å². The predicted octanol–water partition coefficient (Wildman–Crippen LogP) is 2.96. The van der Waals surface area contributed by atoms with Crippen LogP contribution in [-0.2, 0) is 12.8 Å². The van der Waals surface area contributed by atoms with Crippen LogP contribution in [0.3, 0.4) is 0 Å². The van der Waals surface area contributed by atoms with E-state index in [4.69, 9.17) is 5.73 Å². The van der Waals surface area contributed by atoms with Gasteiger partial charge in [-0.1, -0.05) is 6.07 Å². The summed E-state index contributed by atoms with van der Waals surface area (Å²) in [5.74, 6) is -0.368. The van der Waals surface area contributed by atoms with Gasteiger partial charge in [-0.2, -0.15) is 0 Å². The van der Waals surface area contributed by atoms with E-state index in [2.05, 4.69) is 10.6 Å². The van der Waals surface area contributed by atoms with Crippen molar-refractivity contribution in [1.82, 2.24) is 5.32 Å². The summed E-state index contributed by atoms with van der Waals surface area (Å²) in [4.78, 5) is 24.8. The molecule has 0 fully saturated rings. The number of thiophene rings is 1. The second-order valence-electron chi connectivity index (χ2n) is 6.48. The summed E-state index contributed by atoms with van der Waals surface area (Å²) in [6, 6.07) is 7.63. The third-order valence-electron chi connectivity index (χ3n) is 4.38. The molecule has 0 bridgehead atoms. The molecule has 0 saturated heterocycles. The molecule has 1 aliphatic carbocycles. The van der Waals surface area contributed by atoms with Crippen molar-refractivity contribution in [1.29, 1.82) is 0 Å². The molecule has 0 spiro atoms. The van der Waals surface area contributed by atoms with E-state index in [1.54, 1.807) is 11.4 Å². The molecule has 1 heterocycles. The highest BCUT2D eigenvalue weighted by Gasteiger charge is 2.18. The molecule has 2 aromatic rings. The third kappa shape index (κ3) is 4.27. The number of amides is 2. The van der Waals surface area contributed by atoms with Gasteiger partial charge in [0, 0.05) is 18.2 Å². The normalized spacial score (nSPS) is 14.0. The monoisotopic (exact) mass is 357 g/mol. The van der Waals surface area contributed by atoms with Crippen LogP contribution in [-0.4, -0.2) is 24.4 Å². The van der Waals surface area contributed by atoms with Gasteiger partial charge in [0.05, 0.1) is 5.56 Å². The van der Waals surface area contributed by atoms with Crippen molar-refractivity contribution in [2.75, 3.05) is 11.9 Å². The lowest BCUT2D eigenvalue weighted by atomic mass is 10.1. The number of rotatable bonds is 6. The highest BCUT2D eigenvalue weighted by molar-refractivity contribution is 7.14. The summed E-state index contributed by atoms with van der Waals surface area (Å²) in [5.41, 5.74) is 9.41. The van der Waals surface area contributed by atoms with Gasteiger partial charge in [-0.3, -0.25) is 9.59 Å². The lowest BCUT2D eigenvalue weighted by Crippen LogP contribution is -2.29. The zero-order valence-corrected chi connectivity index (χ0v) is 15.1. The number of carbonyl (C=O) groups is 2. The minimum Gasteiger partial charge on any atom is -0.352 e. The lowest BCUT2D eigenvalue weighted by molar-refractivity contribution is 0.0954. The van der Waals surface area contributed by atoms with Gasteiger partial charge in [-0.25, -0.2) is 0 Å². The van der Waals surface area contributed by atoms with E-state index in [9.17, 15) is 9.59 Å². The second-order valence-corrected chi connectivity index (χ2v) is 7.39. The largest absolute Gasteiger partial charge is 0.352 e. The van der Waals surface area contributed by atoms with E-state index < -0.39 is 0 Å². The van der Waals surface area contributed by atoms with Gasteiger partial charge in [0.15, 0.2) is 0 Å². The maximum atomic E-state index is 12.5.